The lowest BCUT2D eigenvalue weighted by Crippen LogP contribution is -2.35. The molecule has 0 bridgehead atoms. The first-order valence-electron chi connectivity index (χ1n) is 5.01. The maximum atomic E-state index is 12.1. The molecule has 0 saturated heterocycles. The molecule has 0 fully saturated rings. The molecule has 0 radical (unpaired) electrons. The molecule has 16 heavy (non-hydrogen) atoms. The van der Waals surface area contributed by atoms with Crippen molar-refractivity contribution in [3.63, 3.8) is 0 Å². The van der Waals surface area contributed by atoms with E-state index in [0.717, 1.165) is 0 Å². The van der Waals surface area contributed by atoms with E-state index in [2.05, 4.69) is 5.10 Å². The van der Waals surface area contributed by atoms with Crippen molar-refractivity contribution in [1.29, 1.82) is 0 Å². The van der Waals surface area contributed by atoms with Crippen LogP contribution in [0.2, 0.25) is 0 Å². The van der Waals surface area contributed by atoms with Gasteiger partial charge in [-0.05, 0) is 6.92 Å². The summed E-state index contributed by atoms with van der Waals surface area (Å²) in [6.45, 7) is 2.25. The Bertz CT molecular complexity index is 407. The fourth-order valence-corrected chi connectivity index (χ4v) is 1.68. The number of Topliss-reactive ketones (excluding diaryl/α,β-unsaturated/α-hetero) is 1. The van der Waals surface area contributed by atoms with Crippen molar-refractivity contribution in [3.05, 3.63) is 35.9 Å². The SMILES string of the molecule is CC(C(=O)c1ccccc1)N1CN(Cl)C=N1. The molecule has 84 valence electrons. The zero-order valence-electron chi connectivity index (χ0n) is 8.88. The first-order chi connectivity index (χ1) is 7.68. The molecule has 0 aliphatic carbocycles. The van der Waals surface area contributed by atoms with Gasteiger partial charge in [-0.15, -0.1) is 0 Å². The van der Waals surface area contributed by atoms with Crippen LogP contribution < -0.4 is 0 Å². The molecule has 1 aromatic rings. The van der Waals surface area contributed by atoms with Gasteiger partial charge in [0.1, 0.15) is 19.0 Å². The van der Waals surface area contributed by atoms with Gasteiger partial charge in [-0.2, -0.15) is 5.10 Å². The molecular weight excluding hydrogens is 226 g/mol. The van der Waals surface area contributed by atoms with Crippen LogP contribution in [0.15, 0.2) is 35.4 Å². The van der Waals surface area contributed by atoms with Gasteiger partial charge in [0.25, 0.3) is 0 Å². The van der Waals surface area contributed by atoms with Crippen molar-refractivity contribution < 1.29 is 4.79 Å². The lowest BCUT2D eigenvalue weighted by molar-refractivity contribution is 0.0839. The van der Waals surface area contributed by atoms with E-state index in [1.54, 1.807) is 17.1 Å². The monoisotopic (exact) mass is 237 g/mol. The molecule has 0 aromatic heterocycles. The molecule has 0 spiro atoms. The van der Waals surface area contributed by atoms with E-state index < -0.39 is 0 Å². The Morgan fingerprint density at radius 2 is 2.12 bits per heavy atom. The second kappa shape index (κ2) is 4.53. The van der Waals surface area contributed by atoms with E-state index in [9.17, 15) is 4.79 Å². The minimum atomic E-state index is -0.303. The van der Waals surface area contributed by atoms with Crippen molar-refractivity contribution in [2.24, 2.45) is 5.10 Å². The van der Waals surface area contributed by atoms with E-state index >= 15 is 0 Å². The molecule has 1 aromatic carbocycles. The van der Waals surface area contributed by atoms with Crippen LogP contribution in [0, 0.1) is 0 Å². The summed E-state index contributed by atoms with van der Waals surface area (Å²) in [5, 5.41) is 5.70. The zero-order chi connectivity index (χ0) is 11.5. The maximum absolute atomic E-state index is 12.1. The highest BCUT2D eigenvalue weighted by molar-refractivity contribution is 6.19. The predicted octanol–water partition coefficient (Wildman–Crippen LogP) is 1.93. The van der Waals surface area contributed by atoms with Crippen LogP contribution in [-0.4, -0.2) is 34.3 Å². The fourth-order valence-electron chi connectivity index (χ4n) is 1.54. The normalized spacial score (nSPS) is 16.6. The van der Waals surface area contributed by atoms with Gasteiger partial charge in [0.05, 0.1) is 0 Å². The smallest absolute Gasteiger partial charge is 0.186 e. The second-order valence-corrected chi connectivity index (χ2v) is 4.05. The number of hydrazone groups is 1. The molecule has 0 N–H and O–H groups in total. The van der Waals surface area contributed by atoms with Crippen molar-refractivity contribution in [2.45, 2.75) is 13.0 Å². The summed E-state index contributed by atoms with van der Waals surface area (Å²) in [4.78, 5) is 12.1. The summed E-state index contributed by atoms with van der Waals surface area (Å²) in [5.41, 5.74) is 0.693. The summed E-state index contributed by atoms with van der Waals surface area (Å²) in [7, 11) is 0. The van der Waals surface area contributed by atoms with Gasteiger partial charge in [-0.25, -0.2) is 0 Å². The van der Waals surface area contributed by atoms with Gasteiger partial charge in [-0.1, -0.05) is 30.3 Å². The Morgan fingerprint density at radius 1 is 1.44 bits per heavy atom. The predicted molar refractivity (Wildman–Crippen MR) is 63.1 cm³/mol. The average Bonchev–Trinajstić information content (AvgIpc) is 2.75. The Morgan fingerprint density at radius 3 is 2.69 bits per heavy atom. The lowest BCUT2D eigenvalue weighted by atomic mass is 10.1. The van der Waals surface area contributed by atoms with Crippen LogP contribution in [0.4, 0.5) is 0 Å². The molecule has 1 heterocycles. The van der Waals surface area contributed by atoms with Crippen molar-refractivity contribution in [2.75, 3.05) is 6.67 Å². The molecule has 5 heteroatoms. The summed E-state index contributed by atoms with van der Waals surface area (Å²) >= 11 is 5.73. The third kappa shape index (κ3) is 2.17. The van der Waals surface area contributed by atoms with Gasteiger partial charge in [0.15, 0.2) is 5.78 Å². The number of carbonyl (C=O) groups is 1. The number of carbonyl (C=O) groups excluding carboxylic acids is 1. The van der Waals surface area contributed by atoms with Gasteiger partial charge in [0.2, 0.25) is 0 Å². The van der Waals surface area contributed by atoms with Crippen molar-refractivity contribution >= 4 is 23.9 Å². The molecule has 1 unspecified atom stereocenters. The van der Waals surface area contributed by atoms with Crippen LogP contribution in [0.1, 0.15) is 17.3 Å². The fraction of sp³-hybridized carbons (Fsp3) is 0.273. The Kier molecular flexibility index (Phi) is 3.10. The number of halogens is 1. The van der Waals surface area contributed by atoms with E-state index in [0.29, 0.717) is 12.2 Å². The molecule has 0 amide bonds. The minimum absolute atomic E-state index is 0.0460. The Balaban J connectivity index is 2.08. The summed E-state index contributed by atoms with van der Waals surface area (Å²) < 4.78 is 1.41. The molecule has 1 aliphatic rings. The quantitative estimate of drug-likeness (QED) is 0.595. The van der Waals surface area contributed by atoms with E-state index in [-0.39, 0.29) is 11.8 Å². The molecule has 1 atom stereocenters. The minimum Gasteiger partial charge on any atom is -0.292 e. The largest absolute Gasteiger partial charge is 0.292 e. The summed E-state index contributed by atoms with van der Waals surface area (Å²) in [5.74, 6) is 0.0460. The van der Waals surface area contributed by atoms with E-state index in [1.165, 1.54) is 10.8 Å². The van der Waals surface area contributed by atoms with Crippen molar-refractivity contribution in [1.82, 2.24) is 9.43 Å². The third-order valence-electron chi connectivity index (χ3n) is 2.49. The van der Waals surface area contributed by atoms with Gasteiger partial charge in [-0.3, -0.25) is 14.2 Å². The number of benzene rings is 1. The second-order valence-electron chi connectivity index (χ2n) is 3.62. The first kappa shape index (κ1) is 11.0. The highest BCUT2D eigenvalue weighted by atomic mass is 35.5. The van der Waals surface area contributed by atoms with E-state index in [4.69, 9.17) is 11.8 Å². The average molecular weight is 238 g/mol. The zero-order valence-corrected chi connectivity index (χ0v) is 9.63. The number of nitrogens with zero attached hydrogens (tertiary/aromatic N) is 3. The van der Waals surface area contributed by atoms with Gasteiger partial charge >= 0.3 is 0 Å². The molecule has 1 aliphatic heterocycles. The highest BCUT2D eigenvalue weighted by Crippen LogP contribution is 2.13. The van der Waals surface area contributed by atoms with Gasteiger partial charge in [0, 0.05) is 17.3 Å². The van der Waals surface area contributed by atoms with Crippen LogP contribution in [-0.2, 0) is 0 Å². The van der Waals surface area contributed by atoms with Gasteiger partial charge < -0.3 is 0 Å². The van der Waals surface area contributed by atoms with Crippen LogP contribution in [0.5, 0.6) is 0 Å². The van der Waals surface area contributed by atoms with Crippen LogP contribution >= 0.6 is 11.8 Å². The summed E-state index contributed by atoms with van der Waals surface area (Å²) in [6.07, 6.45) is 1.50. The molecule has 4 nitrogen and oxygen atoms in total. The maximum Gasteiger partial charge on any atom is 0.186 e. The highest BCUT2D eigenvalue weighted by Gasteiger charge is 2.24. The van der Waals surface area contributed by atoms with Crippen molar-refractivity contribution in [3.8, 4) is 0 Å². The standard InChI is InChI=1S/C11H12ClN3O/c1-9(15-8-14(12)7-13-15)11(16)10-5-3-2-4-6-10/h2-7,9H,8H2,1H3. The number of rotatable bonds is 3. The molecule has 2 rings (SSSR count). The third-order valence-corrected chi connectivity index (χ3v) is 2.68. The Labute approximate surface area is 99.2 Å². The number of ketones is 1. The summed E-state index contributed by atoms with van der Waals surface area (Å²) in [6, 6.07) is 8.88. The number of hydrogen-bond acceptors (Lipinski definition) is 4. The lowest BCUT2D eigenvalue weighted by Gasteiger charge is -2.21. The molecule has 0 saturated carbocycles. The first-order valence-corrected chi connectivity index (χ1v) is 5.34. The molecular formula is C11H12ClN3O. The van der Waals surface area contributed by atoms with Crippen LogP contribution in [0.25, 0.3) is 0 Å². The topological polar surface area (TPSA) is 35.9 Å². The number of hydrogen-bond donors (Lipinski definition) is 0. The Hall–Kier alpha value is -1.55. The van der Waals surface area contributed by atoms with Crippen LogP contribution in [0.3, 0.4) is 0 Å². The van der Waals surface area contributed by atoms with E-state index in [1.807, 2.05) is 25.1 Å².